The second-order valence-electron chi connectivity index (χ2n) is 7.82. The van der Waals surface area contributed by atoms with E-state index in [-0.39, 0.29) is 18.5 Å². The first kappa shape index (κ1) is 19.2. The van der Waals surface area contributed by atoms with Crippen molar-refractivity contribution in [3.05, 3.63) is 66.0 Å². The van der Waals surface area contributed by atoms with Crippen LogP contribution in [0.5, 0.6) is 0 Å². The molecule has 2 unspecified atom stereocenters. The topological polar surface area (TPSA) is 72.4 Å². The molecule has 0 N–H and O–H groups in total. The summed E-state index contributed by atoms with van der Waals surface area (Å²) in [5.41, 5.74) is 0.854. The summed E-state index contributed by atoms with van der Waals surface area (Å²) in [6.07, 6.45) is 4.43. The van der Waals surface area contributed by atoms with Gasteiger partial charge in [-0.05, 0) is 56.5 Å². The molecular weight excluding hydrogens is 366 g/mol. The van der Waals surface area contributed by atoms with Gasteiger partial charge in [-0.2, -0.15) is 0 Å². The van der Waals surface area contributed by atoms with Crippen LogP contribution in [0.25, 0.3) is 17.5 Å². The van der Waals surface area contributed by atoms with Gasteiger partial charge in [0, 0.05) is 23.6 Å². The first-order valence-corrected chi connectivity index (χ1v) is 9.97. The van der Waals surface area contributed by atoms with E-state index in [4.69, 9.17) is 8.83 Å². The van der Waals surface area contributed by atoms with E-state index in [9.17, 15) is 4.79 Å². The first-order chi connectivity index (χ1) is 14.0. The molecule has 6 heteroatoms. The Morgan fingerprint density at radius 1 is 1.17 bits per heavy atom. The van der Waals surface area contributed by atoms with Gasteiger partial charge >= 0.3 is 0 Å². The number of furan rings is 1. The Balaban J connectivity index is 1.42. The minimum Gasteiger partial charge on any atom is -0.461 e. The lowest BCUT2D eigenvalue weighted by molar-refractivity contribution is -0.128. The third kappa shape index (κ3) is 4.47. The van der Waals surface area contributed by atoms with Crippen LogP contribution in [-0.2, 0) is 11.3 Å². The van der Waals surface area contributed by atoms with E-state index in [1.165, 1.54) is 12.5 Å². The average molecular weight is 391 g/mol. The van der Waals surface area contributed by atoms with E-state index >= 15 is 0 Å². The van der Waals surface area contributed by atoms with Gasteiger partial charge < -0.3 is 13.7 Å². The van der Waals surface area contributed by atoms with Crippen LogP contribution >= 0.6 is 0 Å². The number of amides is 1. The zero-order valence-electron chi connectivity index (χ0n) is 16.9. The summed E-state index contributed by atoms with van der Waals surface area (Å²) in [7, 11) is 0. The fraction of sp³-hybridized carbons (Fsp3) is 0.348. The van der Waals surface area contributed by atoms with Crippen LogP contribution in [0, 0.1) is 5.92 Å². The van der Waals surface area contributed by atoms with Crippen LogP contribution in [0.1, 0.15) is 50.5 Å². The molecule has 0 saturated heterocycles. The Labute approximate surface area is 170 Å². The molecular formula is C23H25N3O3. The normalized spacial score (nSPS) is 18.5. The number of benzene rings is 1. The maximum atomic E-state index is 12.8. The van der Waals surface area contributed by atoms with Crippen LogP contribution in [0.2, 0.25) is 0 Å². The van der Waals surface area contributed by atoms with Crippen molar-refractivity contribution in [2.75, 3.05) is 0 Å². The number of nitrogens with zero attached hydrogens (tertiary/aromatic N) is 3. The van der Waals surface area contributed by atoms with Crippen molar-refractivity contribution < 1.29 is 13.6 Å². The Kier molecular flexibility index (Phi) is 5.34. The molecule has 1 aliphatic rings. The highest BCUT2D eigenvalue weighted by atomic mass is 16.4. The fourth-order valence-corrected chi connectivity index (χ4v) is 3.30. The molecule has 1 aromatic carbocycles. The minimum absolute atomic E-state index is 0.0151. The number of aromatic nitrogens is 2. The van der Waals surface area contributed by atoms with Crippen LogP contribution in [-0.4, -0.2) is 27.0 Å². The molecule has 2 atom stereocenters. The zero-order chi connectivity index (χ0) is 20.4. The van der Waals surface area contributed by atoms with Gasteiger partial charge in [0.05, 0.1) is 6.54 Å². The SMILES string of the molecule is CC1CC1c1ccc(C=CC(=O)N(Cc2nnc(-c3ccccc3)o2)C(C)C)o1. The first-order valence-electron chi connectivity index (χ1n) is 9.97. The van der Waals surface area contributed by atoms with Crippen molar-refractivity contribution in [1.82, 2.24) is 15.1 Å². The molecule has 150 valence electrons. The largest absolute Gasteiger partial charge is 0.461 e. The number of hydrogen-bond donors (Lipinski definition) is 0. The summed E-state index contributed by atoms with van der Waals surface area (Å²) < 4.78 is 11.6. The molecule has 1 aliphatic carbocycles. The zero-order valence-corrected chi connectivity index (χ0v) is 16.9. The Bertz CT molecular complexity index is 1000. The van der Waals surface area contributed by atoms with Crippen LogP contribution in [0.15, 0.2) is 57.4 Å². The lowest BCUT2D eigenvalue weighted by Crippen LogP contribution is -2.35. The molecule has 2 heterocycles. The molecule has 2 aromatic heterocycles. The minimum atomic E-state index is -0.128. The summed E-state index contributed by atoms with van der Waals surface area (Å²) >= 11 is 0. The monoisotopic (exact) mass is 391 g/mol. The van der Waals surface area contributed by atoms with Crippen molar-refractivity contribution in [1.29, 1.82) is 0 Å². The van der Waals surface area contributed by atoms with Gasteiger partial charge in [-0.25, -0.2) is 0 Å². The van der Waals surface area contributed by atoms with E-state index in [0.29, 0.717) is 29.4 Å². The molecule has 4 rings (SSSR count). The van der Waals surface area contributed by atoms with Crippen LogP contribution in [0.4, 0.5) is 0 Å². The number of carbonyl (C=O) groups excluding carboxylic acids is 1. The molecule has 1 amide bonds. The third-order valence-electron chi connectivity index (χ3n) is 5.21. The molecule has 6 nitrogen and oxygen atoms in total. The molecule has 0 radical (unpaired) electrons. The summed E-state index contributed by atoms with van der Waals surface area (Å²) in [6.45, 7) is 6.39. The van der Waals surface area contributed by atoms with Crippen molar-refractivity contribution >= 4 is 12.0 Å². The van der Waals surface area contributed by atoms with Crippen LogP contribution < -0.4 is 0 Å². The maximum Gasteiger partial charge on any atom is 0.247 e. The standard InChI is InChI=1S/C23H25N3O3/c1-15(2)26(14-21-24-25-23(29-21)17-7-5-4-6-8-17)22(27)12-10-18-9-11-20(28-18)19-13-16(19)3/h4-12,15-16,19H,13-14H2,1-3H3. The fourth-order valence-electron chi connectivity index (χ4n) is 3.30. The van der Waals surface area contributed by atoms with Gasteiger partial charge in [0.25, 0.3) is 0 Å². The van der Waals surface area contributed by atoms with E-state index < -0.39 is 0 Å². The van der Waals surface area contributed by atoms with Gasteiger partial charge in [0.1, 0.15) is 11.5 Å². The quantitative estimate of drug-likeness (QED) is 0.536. The van der Waals surface area contributed by atoms with Crippen molar-refractivity contribution in [3.63, 3.8) is 0 Å². The summed E-state index contributed by atoms with van der Waals surface area (Å²) in [5.74, 6) is 3.64. The molecule has 0 aliphatic heterocycles. The Hall–Kier alpha value is -3.15. The van der Waals surface area contributed by atoms with E-state index in [0.717, 1.165) is 11.3 Å². The highest BCUT2D eigenvalue weighted by Crippen LogP contribution is 2.47. The van der Waals surface area contributed by atoms with Gasteiger partial charge in [0.2, 0.25) is 17.7 Å². The summed E-state index contributed by atoms with van der Waals surface area (Å²) in [4.78, 5) is 14.4. The number of carbonyl (C=O) groups is 1. The van der Waals surface area contributed by atoms with Gasteiger partial charge in [-0.1, -0.05) is 25.1 Å². The molecule has 1 fully saturated rings. The molecule has 29 heavy (non-hydrogen) atoms. The molecule has 1 saturated carbocycles. The van der Waals surface area contributed by atoms with Crippen molar-refractivity contribution in [3.8, 4) is 11.5 Å². The summed E-state index contributed by atoms with van der Waals surface area (Å²) in [5, 5.41) is 8.19. The number of rotatable bonds is 7. The van der Waals surface area contributed by atoms with Gasteiger partial charge in [0.15, 0.2) is 0 Å². The Morgan fingerprint density at radius 3 is 2.62 bits per heavy atom. The maximum absolute atomic E-state index is 12.8. The highest BCUT2D eigenvalue weighted by Gasteiger charge is 2.36. The average Bonchev–Trinajstić information content (AvgIpc) is 3.13. The summed E-state index contributed by atoms with van der Waals surface area (Å²) in [6, 6.07) is 13.5. The lowest BCUT2D eigenvalue weighted by atomic mass is 10.2. The van der Waals surface area contributed by atoms with Gasteiger partial charge in [-0.3, -0.25) is 4.79 Å². The number of hydrogen-bond acceptors (Lipinski definition) is 5. The van der Waals surface area contributed by atoms with Crippen molar-refractivity contribution in [2.24, 2.45) is 5.92 Å². The second-order valence-corrected chi connectivity index (χ2v) is 7.82. The third-order valence-corrected chi connectivity index (χ3v) is 5.21. The van der Waals surface area contributed by atoms with Crippen LogP contribution in [0.3, 0.4) is 0 Å². The Morgan fingerprint density at radius 2 is 1.93 bits per heavy atom. The smallest absolute Gasteiger partial charge is 0.247 e. The predicted octanol–water partition coefficient (Wildman–Crippen LogP) is 4.90. The lowest BCUT2D eigenvalue weighted by Gasteiger charge is -2.23. The van der Waals surface area contributed by atoms with E-state index in [2.05, 4.69) is 17.1 Å². The van der Waals surface area contributed by atoms with Crippen molar-refractivity contribution in [2.45, 2.75) is 45.7 Å². The second kappa shape index (κ2) is 8.07. The predicted molar refractivity (Wildman–Crippen MR) is 110 cm³/mol. The molecule has 3 aromatic rings. The highest BCUT2D eigenvalue weighted by molar-refractivity contribution is 5.91. The van der Waals surface area contributed by atoms with E-state index in [1.807, 2.05) is 56.3 Å². The molecule has 0 bridgehead atoms. The van der Waals surface area contributed by atoms with E-state index in [1.54, 1.807) is 11.0 Å². The van der Waals surface area contributed by atoms with Gasteiger partial charge in [-0.15, -0.1) is 10.2 Å². The molecule has 0 spiro atoms.